The van der Waals surface area contributed by atoms with Gasteiger partial charge in [-0.2, -0.15) is 0 Å². The van der Waals surface area contributed by atoms with Crippen LogP contribution >= 0.6 is 0 Å². The molecule has 0 atom stereocenters. The van der Waals surface area contributed by atoms with E-state index in [0.717, 1.165) is 64.0 Å². The summed E-state index contributed by atoms with van der Waals surface area (Å²) in [6.45, 7) is 11.5. The second-order valence-corrected chi connectivity index (χ2v) is 8.45. The lowest BCUT2D eigenvalue weighted by Crippen LogP contribution is -2.47. The van der Waals surface area contributed by atoms with Gasteiger partial charge in [0.25, 0.3) is 0 Å². The molecule has 2 aromatic heterocycles. The summed E-state index contributed by atoms with van der Waals surface area (Å²) in [6.07, 6.45) is 9.15. The summed E-state index contributed by atoms with van der Waals surface area (Å²) in [5, 5.41) is 0. The van der Waals surface area contributed by atoms with Crippen molar-refractivity contribution >= 4 is 11.6 Å². The van der Waals surface area contributed by atoms with Crippen molar-refractivity contribution in [3.05, 3.63) is 48.8 Å². The van der Waals surface area contributed by atoms with E-state index in [1.165, 1.54) is 38.8 Å². The smallest absolute Gasteiger partial charge is 0.128 e. The Hall–Kier alpha value is -2.18. The quantitative estimate of drug-likeness (QED) is 0.594. The number of unbranched alkanes of at least 4 members (excludes halogenated alkanes) is 3. The Morgan fingerprint density at radius 2 is 0.967 bits per heavy atom. The van der Waals surface area contributed by atoms with Crippen LogP contribution in [0.4, 0.5) is 11.6 Å². The molecule has 0 saturated carbocycles. The summed E-state index contributed by atoms with van der Waals surface area (Å²) in [4.78, 5) is 19.0. The van der Waals surface area contributed by atoms with Gasteiger partial charge >= 0.3 is 0 Å². The maximum absolute atomic E-state index is 4.48. The molecular formula is C24H36N6. The Bertz CT molecular complexity index is 645. The number of rotatable bonds is 9. The molecule has 0 spiro atoms. The first-order chi connectivity index (χ1) is 14.9. The lowest BCUT2D eigenvalue weighted by Gasteiger charge is -2.35. The Morgan fingerprint density at radius 1 is 0.533 bits per heavy atom. The van der Waals surface area contributed by atoms with Gasteiger partial charge in [0.15, 0.2) is 0 Å². The van der Waals surface area contributed by atoms with Crippen molar-refractivity contribution in [2.45, 2.75) is 25.7 Å². The highest BCUT2D eigenvalue weighted by molar-refractivity contribution is 5.38. The van der Waals surface area contributed by atoms with E-state index in [1.807, 2.05) is 24.5 Å². The van der Waals surface area contributed by atoms with Gasteiger partial charge in [-0.25, -0.2) is 9.97 Å². The van der Waals surface area contributed by atoms with Crippen LogP contribution in [-0.4, -0.2) is 85.2 Å². The molecule has 0 amide bonds. The Morgan fingerprint density at radius 3 is 1.33 bits per heavy atom. The average Bonchev–Trinajstić information content (AvgIpc) is 2.83. The van der Waals surface area contributed by atoms with Crippen molar-refractivity contribution < 1.29 is 0 Å². The average molecular weight is 409 g/mol. The number of piperazine rings is 2. The van der Waals surface area contributed by atoms with Crippen LogP contribution in [0.5, 0.6) is 0 Å². The molecule has 0 radical (unpaired) electrons. The summed E-state index contributed by atoms with van der Waals surface area (Å²) < 4.78 is 0. The molecule has 0 aliphatic carbocycles. The Balaban J connectivity index is 1.02. The normalized spacial score (nSPS) is 18.7. The van der Waals surface area contributed by atoms with E-state index in [9.17, 15) is 0 Å². The minimum Gasteiger partial charge on any atom is -0.354 e. The molecule has 6 heteroatoms. The summed E-state index contributed by atoms with van der Waals surface area (Å²) in [5.74, 6) is 2.25. The fraction of sp³-hybridized carbons (Fsp3) is 0.583. The molecule has 0 aromatic carbocycles. The van der Waals surface area contributed by atoms with Gasteiger partial charge in [-0.3, -0.25) is 9.80 Å². The first-order valence-corrected chi connectivity index (χ1v) is 11.7. The zero-order valence-electron chi connectivity index (χ0n) is 18.2. The summed E-state index contributed by atoms with van der Waals surface area (Å²) in [5.41, 5.74) is 0. The largest absolute Gasteiger partial charge is 0.354 e. The lowest BCUT2D eigenvalue weighted by molar-refractivity contribution is 0.241. The van der Waals surface area contributed by atoms with Gasteiger partial charge in [0.2, 0.25) is 0 Å². The monoisotopic (exact) mass is 408 g/mol. The van der Waals surface area contributed by atoms with Gasteiger partial charge in [-0.1, -0.05) is 25.0 Å². The minimum absolute atomic E-state index is 1.10. The van der Waals surface area contributed by atoms with Crippen LogP contribution in [0.25, 0.3) is 0 Å². The van der Waals surface area contributed by atoms with Gasteiger partial charge in [0, 0.05) is 64.8 Å². The molecule has 2 saturated heterocycles. The third-order valence-corrected chi connectivity index (χ3v) is 6.39. The molecule has 2 aliphatic rings. The van der Waals surface area contributed by atoms with E-state index in [2.05, 4.69) is 53.8 Å². The molecule has 4 heterocycles. The zero-order valence-corrected chi connectivity index (χ0v) is 18.2. The first-order valence-electron chi connectivity index (χ1n) is 11.7. The Kier molecular flexibility index (Phi) is 7.92. The SMILES string of the molecule is c1ccc(N2CCN(CCCCCCN3CCN(c4ccccn4)CC3)CC2)nc1. The molecule has 4 rings (SSSR count). The van der Waals surface area contributed by atoms with Crippen LogP contribution in [0.1, 0.15) is 25.7 Å². The summed E-state index contributed by atoms with van der Waals surface area (Å²) in [7, 11) is 0. The third kappa shape index (κ3) is 6.16. The molecular weight excluding hydrogens is 372 g/mol. The number of hydrogen-bond donors (Lipinski definition) is 0. The van der Waals surface area contributed by atoms with Crippen molar-refractivity contribution in [1.29, 1.82) is 0 Å². The molecule has 30 heavy (non-hydrogen) atoms. The second kappa shape index (κ2) is 11.3. The van der Waals surface area contributed by atoms with Crippen molar-refractivity contribution in [2.75, 3.05) is 75.2 Å². The minimum atomic E-state index is 1.10. The Labute approximate surface area is 181 Å². The predicted octanol–water partition coefficient (Wildman–Crippen LogP) is 2.98. The summed E-state index contributed by atoms with van der Waals surface area (Å²) >= 11 is 0. The van der Waals surface area contributed by atoms with Crippen LogP contribution in [0.3, 0.4) is 0 Å². The van der Waals surface area contributed by atoms with E-state index in [0.29, 0.717) is 0 Å². The third-order valence-electron chi connectivity index (χ3n) is 6.39. The van der Waals surface area contributed by atoms with Crippen LogP contribution in [0.2, 0.25) is 0 Å². The van der Waals surface area contributed by atoms with Gasteiger partial charge in [-0.05, 0) is 50.2 Å². The molecule has 2 aromatic rings. The van der Waals surface area contributed by atoms with Gasteiger partial charge in [0.1, 0.15) is 11.6 Å². The fourth-order valence-corrected chi connectivity index (χ4v) is 4.51. The van der Waals surface area contributed by atoms with Crippen molar-refractivity contribution in [1.82, 2.24) is 19.8 Å². The summed E-state index contributed by atoms with van der Waals surface area (Å²) in [6, 6.07) is 12.4. The van der Waals surface area contributed by atoms with Crippen molar-refractivity contribution in [3.63, 3.8) is 0 Å². The van der Waals surface area contributed by atoms with Crippen LogP contribution in [0.15, 0.2) is 48.8 Å². The standard InChI is InChI=1S/C24H36N6/c1(7-13-27-15-19-29(20-16-27)23-9-3-5-11-25-23)2-8-14-28-17-21-30(22-18-28)24-10-4-6-12-26-24/h3-6,9-12H,1-2,7-8,13-22H2. The van der Waals surface area contributed by atoms with E-state index in [-0.39, 0.29) is 0 Å². The molecule has 2 fully saturated rings. The highest BCUT2D eigenvalue weighted by Gasteiger charge is 2.18. The highest BCUT2D eigenvalue weighted by atomic mass is 15.3. The van der Waals surface area contributed by atoms with Crippen LogP contribution < -0.4 is 9.80 Å². The lowest BCUT2D eigenvalue weighted by atomic mass is 10.1. The van der Waals surface area contributed by atoms with Crippen LogP contribution in [-0.2, 0) is 0 Å². The topological polar surface area (TPSA) is 38.7 Å². The molecule has 0 unspecified atom stereocenters. The molecule has 162 valence electrons. The number of hydrogen-bond acceptors (Lipinski definition) is 6. The molecule has 2 aliphatic heterocycles. The molecule has 6 nitrogen and oxygen atoms in total. The fourth-order valence-electron chi connectivity index (χ4n) is 4.51. The van der Waals surface area contributed by atoms with E-state index < -0.39 is 0 Å². The molecule has 0 N–H and O–H groups in total. The van der Waals surface area contributed by atoms with Gasteiger partial charge < -0.3 is 9.80 Å². The molecule has 0 bridgehead atoms. The first kappa shape index (κ1) is 21.1. The van der Waals surface area contributed by atoms with E-state index >= 15 is 0 Å². The van der Waals surface area contributed by atoms with E-state index in [4.69, 9.17) is 0 Å². The highest BCUT2D eigenvalue weighted by Crippen LogP contribution is 2.15. The predicted molar refractivity (Wildman–Crippen MR) is 124 cm³/mol. The van der Waals surface area contributed by atoms with Crippen LogP contribution in [0, 0.1) is 0 Å². The van der Waals surface area contributed by atoms with Crippen molar-refractivity contribution in [2.24, 2.45) is 0 Å². The van der Waals surface area contributed by atoms with Crippen molar-refractivity contribution in [3.8, 4) is 0 Å². The maximum Gasteiger partial charge on any atom is 0.128 e. The number of pyridine rings is 2. The second-order valence-electron chi connectivity index (χ2n) is 8.45. The number of aromatic nitrogens is 2. The zero-order chi connectivity index (χ0) is 20.4. The van der Waals surface area contributed by atoms with E-state index in [1.54, 1.807) is 0 Å². The number of anilines is 2. The maximum atomic E-state index is 4.48. The van der Waals surface area contributed by atoms with Gasteiger partial charge in [0.05, 0.1) is 0 Å². The van der Waals surface area contributed by atoms with Gasteiger partial charge in [-0.15, -0.1) is 0 Å². The number of nitrogens with zero attached hydrogens (tertiary/aromatic N) is 6.